The standard InChI is InChI=1S/C15H18ClN3O2/c1-3-5-10-19-14(11-6-8-12(16)9-7-11)13(17-18-19)15(20)21-4-2/h6-9H,3-5,10H2,1-2H3. The smallest absolute Gasteiger partial charge is 0.361 e. The summed E-state index contributed by atoms with van der Waals surface area (Å²) in [4.78, 5) is 12.0. The molecule has 6 heteroatoms. The van der Waals surface area contributed by atoms with Crippen LogP contribution in [-0.2, 0) is 11.3 Å². The lowest BCUT2D eigenvalue weighted by atomic mass is 10.1. The molecule has 0 atom stereocenters. The number of hydrogen-bond acceptors (Lipinski definition) is 4. The number of nitrogens with zero attached hydrogens (tertiary/aromatic N) is 3. The summed E-state index contributed by atoms with van der Waals surface area (Å²) in [6.07, 6.45) is 2.00. The highest BCUT2D eigenvalue weighted by molar-refractivity contribution is 6.30. The van der Waals surface area contributed by atoms with Crippen molar-refractivity contribution in [3.63, 3.8) is 0 Å². The monoisotopic (exact) mass is 307 g/mol. The molecule has 0 bridgehead atoms. The van der Waals surface area contributed by atoms with E-state index in [0.717, 1.165) is 18.4 Å². The average Bonchev–Trinajstić information content (AvgIpc) is 2.90. The van der Waals surface area contributed by atoms with Crippen LogP contribution in [0.4, 0.5) is 0 Å². The van der Waals surface area contributed by atoms with Crippen LogP contribution < -0.4 is 0 Å². The van der Waals surface area contributed by atoms with Gasteiger partial charge in [0, 0.05) is 17.1 Å². The summed E-state index contributed by atoms with van der Waals surface area (Å²) in [5.74, 6) is -0.454. The first kappa shape index (κ1) is 15.5. The molecule has 5 nitrogen and oxygen atoms in total. The minimum atomic E-state index is -0.454. The van der Waals surface area contributed by atoms with Gasteiger partial charge in [0.1, 0.15) is 5.69 Å². The minimum Gasteiger partial charge on any atom is -0.461 e. The summed E-state index contributed by atoms with van der Waals surface area (Å²) in [5, 5.41) is 8.72. The van der Waals surface area contributed by atoms with Crippen LogP contribution >= 0.6 is 11.6 Å². The maximum Gasteiger partial charge on any atom is 0.361 e. The van der Waals surface area contributed by atoms with E-state index in [1.807, 2.05) is 12.1 Å². The number of hydrogen-bond donors (Lipinski definition) is 0. The normalized spacial score (nSPS) is 10.6. The van der Waals surface area contributed by atoms with Crippen LogP contribution in [0.15, 0.2) is 24.3 Å². The van der Waals surface area contributed by atoms with Gasteiger partial charge in [0.25, 0.3) is 0 Å². The Kier molecular flexibility index (Phi) is 5.33. The van der Waals surface area contributed by atoms with Gasteiger partial charge in [-0.1, -0.05) is 42.3 Å². The minimum absolute atomic E-state index is 0.246. The predicted octanol–water partition coefficient (Wildman–Crippen LogP) is 3.58. The molecule has 21 heavy (non-hydrogen) atoms. The number of carbonyl (C=O) groups is 1. The Morgan fingerprint density at radius 3 is 2.62 bits per heavy atom. The van der Waals surface area contributed by atoms with Gasteiger partial charge in [-0.15, -0.1) is 5.10 Å². The lowest BCUT2D eigenvalue weighted by Crippen LogP contribution is -2.08. The molecular weight excluding hydrogens is 290 g/mol. The van der Waals surface area contributed by atoms with Crippen LogP contribution in [0.2, 0.25) is 5.02 Å². The average molecular weight is 308 g/mol. The number of esters is 1. The Bertz CT molecular complexity index is 608. The topological polar surface area (TPSA) is 57.0 Å². The summed E-state index contributed by atoms with van der Waals surface area (Å²) in [7, 11) is 0. The molecule has 0 aliphatic rings. The van der Waals surface area contributed by atoms with Crippen LogP contribution in [0.1, 0.15) is 37.2 Å². The fourth-order valence-electron chi connectivity index (χ4n) is 2.01. The van der Waals surface area contributed by atoms with Crippen LogP contribution in [-0.4, -0.2) is 27.6 Å². The molecule has 0 saturated carbocycles. The number of aryl methyl sites for hydroxylation is 1. The van der Waals surface area contributed by atoms with Gasteiger partial charge in [0.15, 0.2) is 5.69 Å². The first-order valence-electron chi connectivity index (χ1n) is 7.03. The molecule has 2 aromatic rings. The number of rotatable bonds is 6. The van der Waals surface area contributed by atoms with Gasteiger partial charge in [-0.05, 0) is 25.5 Å². The summed E-state index contributed by atoms with van der Waals surface area (Å²) in [6, 6.07) is 7.27. The molecule has 112 valence electrons. The molecular formula is C15H18ClN3O2. The van der Waals surface area contributed by atoms with E-state index in [4.69, 9.17) is 16.3 Å². The van der Waals surface area contributed by atoms with Crippen molar-refractivity contribution in [3.05, 3.63) is 35.0 Å². The molecule has 1 aromatic carbocycles. The zero-order valence-electron chi connectivity index (χ0n) is 12.2. The molecule has 0 amide bonds. The Hall–Kier alpha value is -1.88. The van der Waals surface area contributed by atoms with E-state index in [1.165, 1.54) is 0 Å². The highest BCUT2D eigenvalue weighted by atomic mass is 35.5. The zero-order chi connectivity index (χ0) is 15.2. The van der Waals surface area contributed by atoms with Crippen LogP contribution in [0, 0.1) is 0 Å². The molecule has 0 unspecified atom stereocenters. The molecule has 0 radical (unpaired) electrons. The predicted molar refractivity (Wildman–Crippen MR) is 81.3 cm³/mol. The van der Waals surface area contributed by atoms with E-state index in [9.17, 15) is 4.79 Å². The molecule has 0 aliphatic carbocycles. The summed E-state index contributed by atoms with van der Waals surface area (Å²) >= 11 is 5.92. The third-order valence-corrected chi connectivity index (χ3v) is 3.30. The van der Waals surface area contributed by atoms with E-state index in [-0.39, 0.29) is 5.69 Å². The molecule has 0 fully saturated rings. The summed E-state index contributed by atoms with van der Waals surface area (Å²) in [6.45, 7) is 4.88. The largest absolute Gasteiger partial charge is 0.461 e. The lowest BCUT2D eigenvalue weighted by Gasteiger charge is -2.08. The van der Waals surface area contributed by atoms with Crippen molar-refractivity contribution >= 4 is 17.6 Å². The van der Waals surface area contributed by atoms with Gasteiger partial charge in [0.2, 0.25) is 0 Å². The fourth-order valence-corrected chi connectivity index (χ4v) is 2.13. The number of unbranched alkanes of at least 4 members (excludes halogenated alkanes) is 1. The molecule has 1 aromatic heterocycles. The van der Waals surface area contributed by atoms with Crippen molar-refractivity contribution in [3.8, 4) is 11.3 Å². The zero-order valence-corrected chi connectivity index (χ0v) is 12.9. The lowest BCUT2D eigenvalue weighted by molar-refractivity contribution is 0.0520. The Morgan fingerprint density at radius 2 is 2.00 bits per heavy atom. The van der Waals surface area contributed by atoms with Crippen molar-refractivity contribution < 1.29 is 9.53 Å². The van der Waals surface area contributed by atoms with E-state index < -0.39 is 5.97 Å². The van der Waals surface area contributed by atoms with Crippen molar-refractivity contribution in [1.29, 1.82) is 0 Å². The molecule has 0 N–H and O–H groups in total. The highest BCUT2D eigenvalue weighted by Crippen LogP contribution is 2.25. The van der Waals surface area contributed by atoms with Gasteiger partial charge in [-0.2, -0.15) is 0 Å². The van der Waals surface area contributed by atoms with Crippen molar-refractivity contribution in [2.24, 2.45) is 0 Å². The van der Waals surface area contributed by atoms with Crippen molar-refractivity contribution in [2.75, 3.05) is 6.61 Å². The summed E-state index contributed by atoms with van der Waals surface area (Å²) in [5.41, 5.74) is 1.78. The van der Waals surface area contributed by atoms with E-state index in [2.05, 4.69) is 17.2 Å². The van der Waals surface area contributed by atoms with E-state index in [1.54, 1.807) is 23.7 Å². The number of carbonyl (C=O) groups excluding carboxylic acids is 1. The third kappa shape index (κ3) is 3.61. The Balaban J connectivity index is 2.44. The van der Waals surface area contributed by atoms with E-state index in [0.29, 0.717) is 23.9 Å². The quantitative estimate of drug-likeness (QED) is 0.765. The third-order valence-electron chi connectivity index (χ3n) is 3.05. The van der Waals surface area contributed by atoms with Crippen molar-refractivity contribution in [2.45, 2.75) is 33.2 Å². The number of aromatic nitrogens is 3. The molecule has 0 spiro atoms. The van der Waals surface area contributed by atoms with Gasteiger partial charge < -0.3 is 4.74 Å². The molecule has 0 aliphatic heterocycles. The highest BCUT2D eigenvalue weighted by Gasteiger charge is 2.22. The Morgan fingerprint density at radius 1 is 1.29 bits per heavy atom. The fraction of sp³-hybridized carbons (Fsp3) is 0.400. The molecule has 2 rings (SSSR count). The van der Waals surface area contributed by atoms with Gasteiger partial charge in [0.05, 0.1) is 6.61 Å². The number of benzene rings is 1. The van der Waals surface area contributed by atoms with Crippen molar-refractivity contribution in [1.82, 2.24) is 15.0 Å². The van der Waals surface area contributed by atoms with Gasteiger partial charge >= 0.3 is 5.97 Å². The second kappa shape index (κ2) is 7.22. The van der Waals surface area contributed by atoms with Crippen LogP contribution in [0.25, 0.3) is 11.3 Å². The van der Waals surface area contributed by atoms with Gasteiger partial charge in [-0.25, -0.2) is 9.48 Å². The summed E-state index contributed by atoms with van der Waals surface area (Å²) < 4.78 is 6.80. The van der Waals surface area contributed by atoms with E-state index >= 15 is 0 Å². The van der Waals surface area contributed by atoms with Crippen LogP contribution in [0.5, 0.6) is 0 Å². The number of halogens is 1. The SMILES string of the molecule is CCCCn1nnc(C(=O)OCC)c1-c1ccc(Cl)cc1. The maximum atomic E-state index is 12.0. The van der Waals surface area contributed by atoms with Crippen LogP contribution in [0.3, 0.4) is 0 Å². The maximum absolute atomic E-state index is 12.0. The first-order valence-corrected chi connectivity index (χ1v) is 7.41. The Labute approximate surface area is 128 Å². The second-order valence-electron chi connectivity index (χ2n) is 4.59. The van der Waals surface area contributed by atoms with Gasteiger partial charge in [-0.3, -0.25) is 0 Å². The molecule has 1 heterocycles. The number of ether oxygens (including phenoxy) is 1. The molecule has 0 saturated heterocycles. The first-order chi connectivity index (χ1) is 10.2. The second-order valence-corrected chi connectivity index (χ2v) is 5.03.